The maximum Gasteiger partial charge on any atom is 0.0716 e. The van der Waals surface area contributed by atoms with Crippen molar-refractivity contribution < 1.29 is 9.84 Å². The summed E-state index contributed by atoms with van der Waals surface area (Å²) >= 11 is 0. The Bertz CT molecular complexity index is 331. The molecule has 0 saturated carbocycles. The van der Waals surface area contributed by atoms with Gasteiger partial charge in [-0.2, -0.15) is 0 Å². The molecule has 18 heavy (non-hydrogen) atoms. The molecule has 0 aliphatic carbocycles. The highest BCUT2D eigenvalue weighted by molar-refractivity contribution is 5.21. The average Bonchev–Trinajstić information content (AvgIpc) is 2.45. The van der Waals surface area contributed by atoms with E-state index in [0.29, 0.717) is 6.61 Å². The summed E-state index contributed by atoms with van der Waals surface area (Å²) in [7, 11) is 0. The predicted molar refractivity (Wildman–Crippen MR) is 72.2 cm³/mol. The summed E-state index contributed by atoms with van der Waals surface area (Å²) in [6.07, 6.45) is 3.79. The number of benzene rings is 1. The molecule has 0 spiro atoms. The van der Waals surface area contributed by atoms with E-state index in [-0.39, 0.29) is 6.61 Å². The molecule has 1 aliphatic rings. The van der Waals surface area contributed by atoms with E-state index in [1.54, 1.807) is 0 Å². The van der Waals surface area contributed by atoms with E-state index >= 15 is 0 Å². The fourth-order valence-corrected chi connectivity index (χ4v) is 2.35. The number of hydrogen-bond donors (Lipinski definition) is 2. The van der Waals surface area contributed by atoms with Crippen molar-refractivity contribution in [1.82, 2.24) is 5.32 Å². The molecule has 2 N–H and O–H groups in total. The molecule has 1 atom stereocenters. The molecule has 1 saturated heterocycles. The second kappa shape index (κ2) is 7.52. The van der Waals surface area contributed by atoms with Gasteiger partial charge in [-0.3, -0.25) is 0 Å². The zero-order chi connectivity index (χ0) is 12.6. The second-order valence-corrected chi connectivity index (χ2v) is 5.03. The molecule has 0 radical (unpaired) electrons. The first kappa shape index (κ1) is 13.5. The Hall–Kier alpha value is -0.900. The minimum absolute atomic E-state index is 0.107. The van der Waals surface area contributed by atoms with E-state index in [4.69, 9.17) is 9.84 Å². The fraction of sp³-hybridized carbons (Fsp3) is 0.600. The number of aliphatic hydroxyl groups is 1. The van der Waals surface area contributed by atoms with E-state index in [1.165, 1.54) is 24.9 Å². The van der Waals surface area contributed by atoms with Crippen molar-refractivity contribution >= 4 is 0 Å². The molecule has 0 aromatic heterocycles. The maximum absolute atomic E-state index is 8.95. The number of hydrogen-bond acceptors (Lipinski definition) is 3. The van der Waals surface area contributed by atoms with Crippen LogP contribution in [0, 0.1) is 5.92 Å². The van der Waals surface area contributed by atoms with Crippen molar-refractivity contribution in [3.05, 3.63) is 35.4 Å². The molecule has 0 amide bonds. The summed E-state index contributed by atoms with van der Waals surface area (Å²) in [6, 6.07) is 7.94. The molecule has 2 rings (SSSR count). The van der Waals surface area contributed by atoms with Crippen LogP contribution < -0.4 is 5.32 Å². The SMILES string of the molecule is OCc1ccc(COCCC2CCCNC2)cc1. The van der Waals surface area contributed by atoms with Crippen LogP contribution in [0.1, 0.15) is 30.4 Å². The molecular formula is C15H23NO2. The molecule has 1 aromatic rings. The summed E-state index contributed by atoms with van der Waals surface area (Å²) in [5, 5.41) is 12.4. The Morgan fingerprint density at radius 2 is 2.00 bits per heavy atom. The van der Waals surface area contributed by atoms with Crippen LogP contribution in [-0.2, 0) is 18.0 Å². The van der Waals surface area contributed by atoms with Gasteiger partial charge in [-0.25, -0.2) is 0 Å². The topological polar surface area (TPSA) is 41.5 Å². The molecule has 1 aromatic carbocycles. The van der Waals surface area contributed by atoms with Crippen molar-refractivity contribution in [1.29, 1.82) is 0 Å². The van der Waals surface area contributed by atoms with Crippen molar-refractivity contribution in [3.8, 4) is 0 Å². The van der Waals surface area contributed by atoms with Gasteiger partial charge in [0.05, 0.1) is 13.2 Å². The van der Waals surface area contributed by atoms with Crippen molar-refractivity contribution in [2.75, 3.05) is 19.7 Å². The summed E-state index contributed by atoms with van der Waals surface area (Å²) in [5.74, 6) is 0.788. The molecule has 1 fully saturated rings. The number of ether oxygens (including phenoxy) is 1. The summed E-state index contributed by atoms with van der Waals surface area (Å²) in [4.78, 5) is 0. The van der Waals surface area contributed by atoms with Crippen LogP contribution in [0.2, 0.25) is 0 Å². The van der Waals surface area contributed by atoms with E-state index < -0.39 is 0 Å². The van der Waals surface area contributed by atoms with Crippen LogP contribution in [0.3, 0.4) is 0 Å². The number of aliphatic hydroxyl groups excluding tert-OH is 1. The van der Waals surface area contributed by atoms with Gasteiger partial charge < -0.3 is 15.2 Å². The first-order valence-corrected chi connectivity index (χ1v) is 6.85. The summed E-state index contributed by atoms with van der Waals surface area (Å²) in [6.45, 7) is 3.94. The minimum Gasteiger partial charge on any atom is -0.392 e. The van der Waals surface area contributed by atoms with E-state index in [9.17, 15) is 0 Å². The molecule has 1 aliphatic heterocycles. The Balaban J connectivity index is 1.62. The lowest BCUT2D eigenvalue weighted by Gasteiger charge is -2.22. The van der Waals surface area contributed by atoms with E-state index in [1.807, 2.05) is 24.3 Å². The second-order valence-electron chi connectivity index (χ2n) is 5.03. The Morgan fingerprint density at radius 3 is 2.67 bits per heavy atom. The molecule has 1 unspecified atom stereocenters. The van der Waals surface area contributed by atoms with E-state index in [2.05, 4.69) is 5.32 Å². The van der Waals surface area contributed by atoms with Crippen LogP contribution in [0.25, 0.3) is 0 Å². The van der Waals surface area contributed by atoms with Crippen LogP contribution >= 0.6 is 0 Å². The number of piperidine rings is 1. The van der Waals surface area contributed by atoms with Crippen LogP contribution in [-0.4, -0.2) is 24.8 Å². The third kappa shape index (κ3) is 4.41. The van der Waals surface area contributed by atoms with Gasteiger partial charge in [0, 0.05) is 6.61 Å². The highest BCUT2D eigenvalue weighted by atomic mass is 16.5. The number of nitrogens with one attached hydrogen (secondary N) is 1. The first-order valence-electron chi connectivity index (χ1n) is 6.85. The van der Waals surface area contributed by atoms with Crippen molar-refractivity contribution in [2.24, 2.45) is 5.92 Å². The van der Waals surface area contributed by atoms with Crippen LogP contribution in [0.15, 0.2) is 24.3 Å². The Kier molecular flexibility index (Phi) is 5.65. The van der Waals surface area contributed by atoms with Crippen molar-refractivity contribution in [3.63, 3.8) is 0 Å². The third-order valence-electron chi connectivity index (χ3n) is 3.54. The van der Waals surface area contributed by atoms with Gasteiger partial charge in [0.2, 0.25) is 0 Å². The van der Waals surface area contributed by atoms with Crippen molar-refractivity contribution in [2.45, 2.75) is 32.5 Å². The average molecular weight is 249 g/mol. The number of rotatable bonds is 6. The maximum atomic E-state index is 8.95. The molecule has 3 nitrogen and oxygen atoms in total. The summed E-state index contributed by atoms with van der Waals surface area (Å²) < 4.78 is 5.71. The molecule has 0 bridgehead atoms. The largest absolute Gasteiger partial charge is 0.392 e. The van der Waals surface area contributed by atoms with Crippen LogP contribution in [0.5, 0.6) is 0 Å². The Morgan fingerprint density at radius 1 is 1.22 bits per heavy atom. The van der Waals surface area contributed by atoms with Gasteiger partial charge >= 0.3 is 0 Å². The van der Waals surface area contributed by atoms with Gasteiger partial charge in [0.1, 0.15) is 0 Å². The highest BCUT2D eigenvalue weighted by Gasteiger charge is 2.12. The van der Waals surface area contributed by atoms with Gasteiger partial charge in [0.25, 0.3) is 0 Å². The quantitative estimate of drug-likeness (QED) is 0.759. The minimum atomic E-state index is 0.107. The lowest BCUT2D eigenvalue weighted by atomic mass is 9.97. The van der Waals surface area contributed by atoms with Gasteiger partial charge in [-0.1, -0.05) is 24.3 Å². The fourth-order valence-electron chi connectivity index (χ4n) is 2.35. The van der Waals surface area contributed by atoms with Gasteiger partial charge in [0.15, 0.2) is 0 Å². The lowest BCUT2D eigenvalue weighted by molar-refractivity contribution is 0.103. The molecule has 100 valence electrons. The Labute approximate surface area is 109 Å². The van der Waals surface area contributed by atoms with Gasteiger partial charge in [-0.15, -0.1) is 0 Å². The normalized spacial score (nSPS) is 19.9. The predicted octanol–water partition coefficient (Wildman–Crippen LogP) is 2.09. The van der Waals surface area contributed by atoms with Crippen LogP contribution in [0.4, 0.5) is 0 Å². The smallest absolute Gasteiger partial charge is 0.0716 e. The van der Waals surface area contributed by atoms with E-state index in [0.717, 1.165) is 31.1 Å². The molecule has 3 heteroatoms. The monoisotopic (exact) mass is 249 g/mol. The zero-order valence-electron chi connectivity index (χ0n) is 10.9. The molecule has 1 heterocycles. The third-order valence-corrected chi connectivity index (χ3v) is 3.54. The summed E-state index contributed by atoms with van der Waals surface area (Å²) in [5.41, 5.74) is 2.13. The lowest BCUT2D eigenvalue weighted by Crippen LogP contribution is -2.30. The van der Waals surface area contributed by atoms with Gasteiger partial charge in [-0.05, 0) is 49.4 Å². The highest BCUT2D eigenvalue weighted by Crippen LogP contribution is 2.14. The zero-order valence-corrected chi connectivity index (χ0v) is 10.9. The first-order chi connectivity index (χ1) is 8.88. The standard InChI is InChI=1S/C15H23NO2/c17-11-14-3-5-15(6-4-14)12-18-9-7-13-2-1-8-16-10-13/h3-6,13,16-17H,1-2,7-12H2. The molecular weight excluding hydrogens is 226 g/mol.